The second kappa shape index (κ2) is 9.43. The Kier molecular flexibility index (Phi) is 7.91. The van der Waals surface area contributed by atoms with Gasteiger partial charge in [0.15, 0.2) is 0 Å². The number of hydrazone groups is 1. The number of hydrazine groups is 1. The van der Waals surface area contributed by atoms with Gasteiger partial charge in [-0.05, 0) is 37.4 Å². The van der Waals surface area contributed by atoms with E-state index in [2.05, 4.69) is 42.9 Å². The van der Waals surface area contributed by atoms with Gasteiger partial charge in [0.25, 0.3) is 0 Å². The molecule has 124 valence electrons. The molecule has 0 unspecified atom stereocenters. The second-order valence-electron chi connectivity index (χ2n) is 6.13. The normalized spacial score (nSPS) is 13.7. The van der Waals surface area contributed by atoms with Crippen molar-refractivity contribution >= 4 is 5.84 Å². The third-order valence-electron chi connectivity index (χ3n) is 3.54. The highest BCUT2D eigenvalue weighted by Gasteiger charge is 2.24. The van der Waals surface area contributed by atoms with E-state index in [1.165, 1.54) is 5.12 Å². The minimum absolute atomic E-state index is 0.0362. The molecule has 1 atom stereocenters. The molecule has 0 saturated carbocycles. The van der Waals surface area contributed by atoms with Gasteiger partial charge in [-0.3, -0.25) is 4.90 Å². The van der Waals surface area contributed by atoms with Crippen molar-refractivity contribution in [3.05, 3.63) is 35.9 Å². The van der Waals surface area contributed by atoms with Crippen molar-refractivity contribution in [1.82, 2.24) is 10.0 Å². The van der Waals surface area contributed by atoms with Crippen molar-refractivity contribution in [1.29, 1.82) is 0 Å². The van der Waals surface area contributed by atoms with Gasteiger partial charge in [-0.2, -0.15) is 0 Å². The SMILES string of the molecule is CCCN(CCC(C)C)[C@H](/C(N)=N/N(C)N)c1ccccc1. The molecule has 1 aromatic carbocycles. The van der Waals surface area contributed by atoms with Crippen molar-refractivity contribution in [2.24, 2.45) is 22.6 Å². The zero-order chi connectivity index (χ0) is 16.5. The first-order valence-electron chi connectivity index (χ1n) is 8.07. The van der Waals surface area contributed by atoms with Crippen LogP contribution in [0.3, 0.4) is 0 Å². The molecule has 1 rings (SSSR count). The van der Waals surface area contributed by atoms with E-state index >= 15 is 0 Å². The largest absolute Gasteiger partial charge is 0.384 e. The summed E-state index contributed by atoms with van der Waals surface area (Å²) in [4.78, 5) is 2.40. The van der Waals surface area contributed by atoms with Crippen molar-refractivity contribution < 1.29 is 0 Å². The average Bonchev–Trinajstić information content (AvgIpc) is 2.45. The molecule has 0 aliphatic carbocycles. The minimum Gasteiger partial charge on any atom is -0.384 e. The molecule has 4 N–H and O–H groups in total. The molecule has 0 fully saturated rings. The second-order valence-corrected chi connectivity index (χ2v) is 6.13. The minimum atomic E-state index is -0.0362. The van der Waals surface area contributed by atoms with Gasteiger partial charge in [0, 0.05) is 7.05 Å². The zero-order valence-corrected chi connectivity index (χ0v) is 14.4. The number of benzene rings is 1. The summed E-state index contributed by atoms with van der Waals surface area (Å²) < 4.78 is 0. The van der Waals surface area contributed by atoms with Crippen LogP contribution in [0, 0.1) is 5.92 Å². The molecule has 22 heavy (non-hydrogen) atoms. The summed E-state index contributed by atoms with van der Waals surface area (Å²) in [5.41, 5.74) is 7.43. The smallest absolute Gasteiger partial charge is 0.143 e. The predicted molar refractivity (Wildman–Crippen MR) is 94.1 cm³/mol. The van der Waals surface area contributed by atoms with Crippen LogP contribution in [0.5, 0.6) is 0 Å². The Bertz CT molecular complexity index is 442. The Hall–Kier alpha value is -1.59. The van der Waals surface area contributed by atoms with E-state index in [1.807, 2.05) is 18.2 Å². The van der Waals surface area contributed by atoms with E-state index in [4.69, 9.17) is 11.6 Å². The number of nitrogens with zero attached hydrogens (tertiary/aromatic N) is 3. The van der Waals surface area contributed by atoms with Crippen molar-refractivity contribution in [2.75, 3.05) is 20.1 Å². The summed E-state index contributed by atoms with van der Waals surface area (Å²) in [7, 11) is 1.69. The molecule has 0 amide bonds. The van der Waals surface area contributed by atoms with E-state index in [1.54, 1.807) is 7.05 Å². The van der Waals surface area contributed by atoms with Crippen LogP contribution in [0.4, 0.5) is 0 Å². The van der Waals surface area contributed by atoms with Gasteiger partial charge in [0.05, 0.1) is 6.04 Å². The molecule has 0 aliphatic rings. The van der Waals surface area contributed by atoms with E-state index in [9.17, 15) is 0 Å². The topological polar surface area (TPSA) is 70.9 Å². The van der Waals surface area contributed by atoms with Crippen LogP contribution in [0.1, 0.15) is 45.2 Å². The number of hydrogen-bond donors (Lipinski definition) is 2. The maximum absolute atomic E-state index is 6.28. The number of hydrogen-bond acceptors (Lipinski definition) is 4. The molecule has 0 radical (unpaired) electrons. The van der Waals surface area contributed by atoms with Crippen LogP contribution >= 0.6 is 0 Å². The van der Waals surface area contributed by atoms with Crippen molar-refractivity contribution in [3.8, 4) is 0 Å². The third kappa shape index (κ3) is 6.03. The lowest BCUT2D eigenvalue weighted by atomic mass is 10.0. The fourth-order valence-electron chi connectivity index (χ4n) is 2.52. The standard InChI is InChI=1S/C17H31N5/c1-5-12-22(13-11-14(2)3)16(17(18)20-21(4)19)15-9-7-6-8-10-15/h6-10,14,16H,5,11-13,19H2,1-4H3,(H2,18,20)/t16-/m0/s1. The number of nitrogens with two attached hydrogens (primary N) is 2. The van der Waals surface area contributed by atoms with Crippen LogP contribution in [-0.2, 0) is 0 Å². The maximum atomic E-state index is 6.28. The van der Waals surface area contributed by atoms with Gasteiger partial charge in [0.1, 0.15) is 5.84 Å². The highest BCUT2D eigenvalue weighted by molar-refractivity contribution is 5.86. The van der Waals surface area contributed by atoms with Crippen LogP contribution in [-0.4, -0.2) is 36.0 Å². The molecule has 0 heterocycles. The molecular formula is C17H31N5. The third-order valence-corrected chi connectivity index (χ3v) is 3.54. The molecule has 1 aromatic rings. The fourth-order valence-corrected chi connectivity index (χ4v) is 2.52. The van der Waals surface area contributed by atoms with Crippen molar-refractivity contribution in [2.45, 2.75) is 39.7 Å². The molecule has 0 aliphatic heterocycles. The monoisotopic (exact) mass is 305 g/mol. The first-order chi connectivity index (χ1) is 10.5. The van der Waals surface area contributed by atoms with Gasteiger partial charge in [0.2, 0.25) is 0 Å². The lowest BCUT2D eigenvalue weighted by Gasteiger charge is -2.32. The predicted octanol–water partition coefficient (Wildman–Crippen LogP) is 2.56. The van der Waals surface area contributed by atoms with Gasteiger partial charge in [-0.25, -0.2) is 11.0 Å². The van der Waals surface area contributed by atoms with E-state index in [-0.39, 0.29) is 6.04 Å². The summed E-state index contributed by atoms with van der Waals surface area (Å²) in [6.07, 6.45) is 2.21. The Morgan fingerprint density at radius 1 is 1.18 bits per heavy atom. The van der Waals surface area contributed by atoms with Gasteiger partial charge >= 0.3 is 0 Å². The molecule has 0 aromatic heterocycles. The van der Waals surface area contributed by atoms with Gasteiger partial charge in [-0.15, -0.1) is 5.10 Å². The summed E-state index contributed by atoms with van der Waals surface area (Å²) in [6.45, 7) is 8.65. The Balaban J connectivity index is 3.09. The lowest BCUT2D eigenvalue weighted by molar-refractivity contribution is 0.225. The average molecular weight is 305 g/mol. The lowest BCUT2D eigenvalue weighted by Crippen LogP contribution is -2.41. The van der Waals surface area contributed by atoms with Crippen LogP contribution in [0.2, 0.25) is 0 Å². The highest BCUT2D eigenvalue weighted by Crippen LogP contribution is 2.22. The summed E-state index contributed by atoms with van der Waals surface area (Å²) in [6, 6.07) is 10.2. The first-order valence-corrected chi connectivity index (χ1v) is 8.07. The zero-order valence-electron chi connectivity index (χ0n) is 14.4. The molecule has 0 spiro atoms. The van der Waals surface area contributed by atoms with Gasteiger partial charge < -0.3 is 5.73 Å². The summed E-state index contributed by atoms with van der Waals surface area (Å²) >= 11 is 0. The molecule has 0 bridgehead atoms. The summed E-state index contributed by atoms with van der Waals surface area (Å²) in [5.74, 6) is 6.85. The van der Waals surface area contributed by atoms with Crippen LogP contribution < -0.4 is 11.6 Å². The van der Waals surface area contributed by atoms with Gasteiger partial charge in [-0.1, -0.05) is 51.1 Å². The maximum Gasteiger partial charge on any atom is 0.143 e. The first kappa shape index (κ1) is 18.5. The van der Waals surface area contributed by atoms with E-state index in [0.29, 0.717) is 11.8 Å². The van der Waals surface area contributed by atoms with Crippen molar-refractivity contribution in [3.63, 3.8) is 0 Å². The quantitative estimate of drug-likeness (QED) is 0.318. The molecule has 5 nitrogen and oxygen atoms in total. The Labute approximate surface area is 134 Å². The van der Waals surface area contributed by atoms with E-state index < -0.39 is 0 Å². The fraction of sp³-hybridized carbons (Fsp3) is 0.588. The molecular weight excluding hydrogens is 274 g/mol. The molecule has 0 saturated heterocycles. The number of amidine groups is 1. The highest BCUT2D eigenvalue weighted by atomic mass is 15.6. The number of rotatable bonds is 9. The van der Waals surface area contributed by atoms with E-state index in [0.717, 1.165) is 31.5 Å². The van der Waals surface area contributed by atoms with Crippen LogP contribution in [0.15, 0.2) is 35.4 Å². The van der Waals surface area contributed by atoms with Crippen LogP contribution in [0.25, 0.3) is 0 Å². The Morgan fingerprint density at radius 2 is 1.82 bits per heavy atom. The Morgan fingerprint density at radius 3 is 2.32 bits per heavy atom. The molecule has 5 heteroatoms. The summed E-state index contributed by atoms with van der Waals surface area (Å²) in [5, 5.41) is 5.52.